The molecule has 2 aliphatic rings. The standard InChI is InChI=1S/C13H22N2O3/c1-9(2)15-8-10(7-12(15)16)13(17)14-18-11-5-3-4-6-11/h9-11H,3-8H2,1-2H3,(H,14,17). The number of amides is 2. The van der Waals surface area contributed by atoms with Gasteiger partial charge in [-0.25, -0.2) is 5.48 Å². The quantitative estimate of drug-likeness (QED) is 0.768. The first-order valence-corrected chi connectivity index (χ1v) is 6.83. The monoisotopic (exact) mass is 254 g/mol. The van der Waals surface area contributed by atoms with E-state index in [1.54, 1.807) is 4.90 Å². The Bertz CT molecular complexity index is 324. The van der Waals surface area contributed by atoms with Gasteiger partial charge >= 0.3 is 0 Å². The van der Waals surface area contributed by atoms with Crippen molar-refractivity contribution in [3.8, 4) is 0 Å². The number of nitrogens with one attached hydrogen (secondary N) is 1. The highest BCUT2D eigenvalue weighted by molar-refractivity contribution is 5.88. The van der Waals surface area contributed by atoms with Crippen LogP contribution in [0.3, 0.4) is 0 Å². The first-order chi connectivity index (χ1) is 8.58. The topological polar surface area (TPSA) is 58.6 Å². The number of carbonyl (C=O) groups excluding carboxylic acids is 2. The van der Waals surface area contributed by atoms with E-state index in [0.717, 1.165) is 12.8 Å². The molecule has 2 amide bonds. The van der Waals surface area contributed by atoms with Gasteiger partial charge in [-0.2, -0.15) is 0 Å². The van der Waals surface area contributed by atoms with Gasteiger partial charge in [-0.15, -0.1) is 0 Å². The maximum Gasteiger partial charge on any atom is 0.248 e. The van der Waals surface area contributed by atoms with Crippen molar-refractivity contribution in [3.63, 3.8) is 0 Å². The summed E-state index contributed by atoms with van der Waals surface area (Å²) in [7, 11) is 0. The van der Waals surface area contributed by atoms with Gasteiger partial charge in [0, 0.05) is 19.0 Å². The molecule has 2 fully saturated rings. The maximum atomic E-state index is 11.9. The summed E-state index contributed by atoms with van der Waals surface area (Å²) in [4.78, 5) is 30.7. The third-order valence-electron chi connectivity index (χ3n) is 3.78. The van der Waals surface area contributed by atoms with Crippen molar-refractivity contribution in [3.05, 3.63) is 0 Å². The van der Waals surface area contributed by atoms with Crippen LogP contribution in [0.15, 0.2) is 0 Å². The summed E-state index contributed by atoms with van der Waals surface area (Å²) >= 11 is 0. The Hall–Kier alpha value is -1.10. The van der Waals surface area contributed by atoms with Gasteiger partial charge in [0.25, 0.3) is 0 Å². The third-order valence-corrected chi connectivity index (χ3v) is 3.78. The zero-order valence-corrected chi connectivity index (χ0v) is 11.1. The van der Waals surface area contributed by atoms with Crippen molar-refractivity contribution in [1.29, 1.82) is 0 Å². The Labute approximate surface area is 108 Å². The van der Waals surface area contributed by atoms with E-state index < -0.39 is 0 Å². The highest BCUT2D eigenvalue weighted by Crippen LogP contribution is 2.22. The number of hydrogen-bond acceptors (Lipinski definition) is 3. The summed E-state index contributed by atoms with van der Waals surface area (Å²) in [6.45, 7) is 4.44. The number of likely N-dealkylation sites (tertiary alicyclic amines) is 1. The molecule has 0 radical (unpaired) electrons. The molecule has 18 heavy (non-hydrogen) atoms. The van der Waals surface area contributed by atoms with Crippen LogP contribution in [0.25, 0.3) is 0 Å². The molecule has 1 heterocycles. The summed E-state index contributed by atoms with van der Waals surface area (Å²) in [5, 5.41) is 0. The molecule has 1 saturated carbocycles. The lowest BCUT2D eigenvalue weighted by atomic mass is 10.1. The van der Waals surface area contributed by atoms with E-state index in [1.165, 1.54) is 12.8 Å². The molecule has 0 aromatic heterocycles. The molecule has 1 saturated heterocycles. The van der Waals surface area contributed by atoms with E-state index in [4.69, 9.17) is 4.84 Å². The summed E-state index contributed by atoms with van der Waals surface area (Å²) in [5.41, 5.74) is 2.53. The van der Waals surface area contributed by atoms with Gasteiger partial charge < -0.3 is 4.90 Å². The number of rotatable bonds is 4. The SMILES string of the molecule is CC(C)N1CC(C(=O)NOC2CCCC2)CC1=O. The van der Waals surface area contributed by atoms with E-state index >= 15 is 0 Å². The molecule has 102 valence electrons. The first-order valence-electron chi connectivity index (χ1n) is 6.83. The molecule has 0 aromatic carbocycles. The summed E-state index contributed by atoms with van der Waals surface area (Å²) in [5.74, 6) is -0.356. The molecule has 0 spiro atoms. The van der Waals surface area contributed by atoms with Crippen molar-refractivity contribution >= 4 is 11.8 Å². The molecular formula is C13H22N2O3. The van der Waals surface area contributed by atoms with Crippen LogP contribution in [-0.2, 0) is 14.4 Å². The average Bonchev–Trinajstić information content (AvgIpc) is 2.94. The van der Waals surface area contributed by atoms with Gasteiger partial charge in [-0.1, -0.05) is 12.8 Å². The van der Waals surface area contributed by atoms with Crippen LogP contribution in [0.4, 0.5) is 0 Å². The van der Waals surface area contributed by atoms with E-state index in [0.29, 0.717) is 13.0 Å². The fourth-order valence-corrected chi connectivity index (χ4v) is 2.64. The third kappa shape index (κ3) is 3.02. The highest BCUT2D eigenvalue weighted by Gasteiger charge is 2.35. The zero-order chi connectivity index (χ0) is 13.1. The lowest BCUT2D eigenvalue weighted by Gasteiger charge is -2.20. The highest BCUT2D eigenvalue weighted by atomic mass is 16.7. The normalized spacial score (nSPS) is 25.2. The van der Waals surface area contributed by atoms with Gasteiger partial charge in [0.15, 0.2) is 0 Å². The predicted molar refractivity (Wildman–Crippen MR) is 66.4 cm³/mol. The second-order valence-electron chi connectivity index (χ2n) is 5.53. The fraction of sp³-hybridized carbons (Fsp3) is 0.846. The largest absolute Gasteiger partial charge is 0.339 e. The van der Waals surface area contributed by atoms with Crippen LogP contribution >= 0.6 is 0 Å². The Kier molecular flexibility index (Phi) is 4.22. The lowest BCUT2D eigenvalue weighted by Crippen LogP contribution is -2.36. The summed E-state index contributed by atoms with van der Waals surface area (Å²) < 4.78 is 0. The van der Waals surface area contributed by atoms with Gasteiger partial charge in [0.05, 0.1) is 12.0 Å². The molecule has 2 rings (SSSR count). The van der Waals surface area contributed by atoms with Crippen LogP contribution in [0.1, 0.15) is 46.0 Å². The van der Waals surface area contributed by atoms with Crippen LogP contribution in [0, 0.1) is 5.92 Å². The molecule has 1 N–H and O–H groups in total. The fourth-order valence-electron chi connectivity index (χ4n) is 2.64. The predicted octanol–water partition coefficient (Wildman–Crippen LogP) is 1.23. The minimum Gasteiger partial charge on any atom is -0.339 e. The zero-order valence-electron chi connectivity index (χ0n) is 11.1. The molecule has 5 heteroatoms. The molecule has 1 aliphatic carbocycles. The van der Waals surface area contributed by atoms with Crippen LogP contribution in [0.5, 0.6) is 0 Å². The van der Waals surface area contributed by atoms with Crippen LogP contribution < -0.4 is 5.48 Å². The second kappa shape index (κ2) is 5.69. The Morgan fingerprint density at radius 1 is 1.39 bits per heavy atom. The van der Waals surface area contributed by atoms with Crippen LogP contribution in [-0.4, -0.2) is 35.4 Å². The molecule has 0 bridgehead atoms. The molecular weight excluding hydrogens is 232 g/mol. The number of nitrogens with zero attached hydrogens (tertiary/aromatic N) is 1. The van der Waals surface area contributed by atoms with E-state index in [2.05, 4.69) is 5.48 Å². The van der Waals surface area contributed by atoms with E-state index in [9.17, 15) is 9.59 Å². The minimum atomic E-state index is -0.263. The van der Waals surface area contributed by atoms with Crippen molar-refractivity contribution < 1.29 is 14.4 Å². The van der Waals surface area contributed by atoms with Crippen molar-refractivity contribution in [1.82, 2.24) is 10.4 Å². The van der Waals surface area contributed by atoms with Gasteiger partial charge in [0.2, 0.25) is 11.8 Å². The number of hydrogen-bond donors (Lipinski definition) is 1. The van der Waals surface area contributed by atoms with Gasteiger partial charge in [-0.05, 0) is 26.7 Å². The molecule has 1 unspecified atom stereocenters. The Morgan fingerprint density at radius 2 is 2.06 bits per heavy atom. The Balaban J connectivity index is 1.77. The van der Waals surface area contributed by atoms with E-state index in [-0.39, 0.29) is 29.9 Å². The van der Waals surface area contributed by atoms with Crippen molar-refractivity contribution in [2.75, 3.05) is 6.54 Å². The molecule has 1 atom stereocenters. The van der Waals surface area contributed by atoms with Crippen LogP contribution in [0.2, 0.25) is 0 Å². The molecule has 1 aliphatic heterocycles. The first kappa shape index (κ1) is 13.3. The van der Waals surface area contributed by atoms with Crippen molar-refractivity contribution in [2.45, 2.75) is 58.1 Å². The van der Waals surface area contributed by atoms with E-state index in [1.807, 2.05) is 13.8 Å². The summed E-state index contributed by atoms with van der Waals surface area (Å²) in [6, 6.07) is 0.158. The van der Waals surface area contributed by atoms with Gasteiger partial charge in [0.1, 0.15) is 0 Å². The average molecular weight is 254 g/mol. The lowest BCUT2D eigenvalue weighted by molar-refractivity contribution is -0.142. The number of hydroxylamine groups is 1. The second-order valence-corrected chi connectivity index (χ2v) is 5.53. The number of carbonyl (C=O) groups is 2. The van der Waals surface area contributed by atoms with Crippen molar-refractivity contribution in [2.24, 2.45) is 5.92 Å². The molecule has 0 aromatic rings. The Morgan fingerprint density at radius 3 is 2.61 bits per heavy atom. The van der Waals surface area contributed by atoms with Gasteiger partial charge in [-0.3, -0.25) is 14.4 Å². The summed E-state index contributed by atoms with van der Waals surface area (Å²) in [6.07, 6.45) is 4.84. The minimum absolute atomic E-state index is 0.0611. The smallest absolute Gasteiger partial charge is 0.248 e. The molecule has 5 nitrogen and oxygen atoms in total. The maximum absolute atomic E-state index is 11.9.